The van der Waals surface area contributed by atoms with Gasteiger partial charge < -0.3 is 14.9 Å². The molecule has 1 atom stereocenters. The number of hydrogen-bond donors (Lipinski definition) is 2. The molecule has 1 amide bonds. The van der Waals surface area contributed by atoms with Crippen LogP contribution in [-0.2, 0) is 9.59 Å². The number of benzene rings is 4. The highest BCUT2D eigenvalue weighted by Crippen LogP contribution is 2.36. The molecule has 7 nitrogen and oxygen atoms in total. The van der Waals surface area contributed by atoms with Crippen LogP contribution in [-0.4, -0.2) is 22.0 Å². The first-order valence-corrected chi connectivity index (χ1v) is 11.8. The minimum Gasteiger partial charge on any atom is -0.480 e. The number of aromatic amines is 1. The second kappa shape index (κ2) is 10.6. The van der Waals surface area contributed by atoms with Crippen molar-refractivity contribution in [2.75, 3.05) is 5.06 Å². The van der Waals surface area contributed by atoms with Crippen molar-refractivity contribution >= 4 is 28.5 Å². The highest BCUT2D eigenvalue weighted by Gasteiger charge is 2.35. The van der Waals surface area contributed by atoms with E-state index < -0.39 is 35.0 Å². The summed E-state index contributed by atoms with van der Waals surface area (Å²) < 4.78 is 28.2. The molecule has 4 aromatic carbocycles. The van der Waals surface area contributed by atoms with Crippen LogP contribution in [0.2, 0.25) is 0 Å². The molecule has 1 unspecified atom stereocenters. The fourth-order valence-corrected chi connectivity index (χ4v) is 4.24. The number of rotatable bonds is 7. The Morgan fingerprint density at radius 2 is 1.44 bits per heavy atom. The van der Waals surface area contributed by atoms with E-state index in [0.717, 1.165) is 24.3 Å². The van der Waals surface area contributed by atoms with Crippen LogP contribution in [0.3, 0.4) is 0 Å². The number of carbonyl (C=O) groups excluding carboxylic acids is 1. The number of carboxylic acids is 1. The van der Waals surface area contributed by atoms with Gasteiger partial charge in [-0.25, -0.2) is 8.78 Å². The SMILES string of the molecule is O=C(O)C(C(=O)N(Oc1c(-c2ccccc2)c(=O)[nH]c2ccc(F)cc12)c1ccc(F)cc1)c1ccccc1. The van der Waals surface area contributed by atoms with Crippen molar-refractivity contribution in [3.05, 3.63) is 131 Å². The Morgan fingerprint density at radius 1 is 0.821 bits per heavy atom. The Labute approximate surface area is 220 Å². The van der Waals surface area contributed by atoms with Crippen molar-refractivity contribution in [3.8, 4) is 16.9 Å². The fourth-order valence-electron chi connectivity index (χ4n) is 4.24. The largest absolute Gasteiger partial charge is 0.480 e. The van der Waals surface area contributed by atoms with Gasteiger partial charge in [-0.1, -0.05) is 60.7 Å². The predicted octanol–water partition coefficient (Wildman–Crippen LogP) is 5.67. The number of aliphatic carboxylic acids is 1. The molecule has 0 aliphatic heterocycles. The molecule has 0 aliphatic rings. The molecule has 5 aromatic rings. The average Bonchev–Trinajstić information content (AvgIpc) is 2.93. The number of halogens is 2. The fraction of sp³-hybridized carbons (Fsp3) is 0.0333. The van der Waals surface area contributed by atoms with Crippen molar-refractivity contribution in [1.82, 2.24) is 4.98 Å². The van der Waals surface area contributed by atoms with E-state index in [2.05, 4.69) is 4.98 Å². The van der Waals surface area contributed by atoms with E-state index in [1.807, 2.05) is 0 Å². The molecule has 0 fully saturated rings. The van der Waals surface area contributed by atoms with E-state index in [1.165, 1.54) is 30.3 Å². The van der Waals surface area contributed by atoms with E-state index in [9.17, 15) is 28.3 Å². The number of pyridine rings is 1. The summed E-state index contributed by atoms with van der Waals surface area (Å²) in [5.41, 5.74) is 0.202. The molecule has 0 spiro atoms. The summed E-state index contributed by atoms with van der Waals surface area (Å²) in [4.78, 5) is 48.2. The molecule has 1 aromatic heterocycles. The Morgan fingerprint density at radius 3 is 2.08 bits per heavy atom. The van der Waals surface area contributed by atoms with Crippen molar-refractivity contribution < 1.29 is 28.3 Å². The number of nitrogens with zero attached hydrogens (tertiary/aromatic N) is 1. The lowest BCUT2D eigenvalue weighted by Gasteiger charge is -2.27. The lowest BCUT2D eigenvalue weighted by molar-refractivity contribution is -0.143. The molecule has 9 heteroatoms. The van der Waals surface area contributed by atoms with Gasteiger partial charge >= 0.3 is 5.97 Å². The summed E-state index contributed by atoms with van der Waals surface area (Å²) in [6.07, 6.45) is 0. The number of fused-ring (bicyclic) bond motifs is 1. The third-order valence-electron chi connectivity index (χ3n) is 6.06. The number of aromatic nitrogens is 1. The van der Waals surface area contributed by atoms with Crippen molar-refractivity contribution in [1.29, 1.82) is 0 Å². The van der Waals surface area contributed by atoms with Crippen LogP contribution in [0, 0.1) is 11.6 Å². The van der Waals surface area contributed by atoms with Crippen LogP contribution in [0.1, 0.15) is 11.5 Å². The molecule has 0 radical (unpaired) electrons. The van der Waals surface area contributed by atoms with E-state index in [-0.39, 0.29) is 33.5 Å². The number of nitrogens with one attached hydrogen (secondary N) is 1. The maximum atomic E-state index is 14.4. The Balaban J connectivity index is 1.75. The summed E-state index contributed by atoms with van der Waals surface area (Å²) in [7, 11) is 0. The molecular formula is C30H20F2N2O5. The van der Waals surface area contributed by atoms with E-state index >= 15 is 0 Å². The van der Waals surface area contributed by atoms with Crippen LogP contribution < -0.4 is 15.5 Å². The van der Waals surface area contributed by atoms with Crippen LogP contribution in [0.4, 0.5) is 14.5 Å². The zero-order chi connectivity index (χ0) is 27.5. The first-order chi connectivity index (χ1) is 18.8. The van der Waals surface area contributed by atoms with Crippen LogP contribution in [0.5, 0.6) is 5.75 Å². The lowest BCUT2D eigenvalue weighted by atomic mass is 9.98. The first-order valence-electron chi connectivity index (χ1n) is 11.8. The highest BCUT2D eigenvalue weighted by molar-refractivity contribution is 6.09. The second-order valence-electron chi connectivity index (χ2n) is 8.60. The zero-order valence-corrected chi connectivity index (χ0v) is 20.2. The quantitative estimate of drug-likeness (QED) is 0.210. The van der Waals surface area contributed by atoms with Gasteiger partial charge in [-0.2, -0.15) is 0 Å². The molecular weight excluding hydrogens is 506 g/mol. The lowest BCUT2D eigenvalue weighted by Crippen LogP contribution is -2.41. The van der Waals surface area contributed by atoms with Gasteiger partial charge in [0.05, 0.1) is 16.8 Å². The van der Waals surface area contributed by atoms with E-state index in [0.29, 0.717) is 10.6 Å². The predicted molar refractivity (Wildman–Crippen MR) is 141 cm³/mol. The summed E-state index contributed by atoms with van der Waals surface area (Å²) in [6, 6.07) is 24.4. The number of anilines is 1. The molecule has 0 saturated heterocycles. The monoisotopic (exact) mass is 526 g/mol. The summed E-state index contributed by atoms with van der Waals surface area (Å²) in [5, 5.41) is 10.8. The van der Waals surface area contributed by atoms with Crippen molar-refractivity contribution in [2.45, 2.75) is 5.92 Å². The maximum absolute atomic E-state index is 14.4. The smallest absolute Gasteiger partial charge is 0.320 e. The molecule has 0 aliphatic carbocycles. The van der Waals surface area contributed by atoms with Gasteiger partial charge in [0.15, 0.2) is 11.7 Å². The van der Waals surface area contributed by atoms with Gasteiger partial charge in [-0.3, -0.25) is 14.4 Å². The maximum Gasteiger partial charge on any atom is 0.320 e. The average molecular weight is 526 g/mol. The molecule has 194 valence electrons. The minimum atomic E-state index is -1.71. The molecule has 0 bridgehead atoms. The van der Waals surface area contributed by atoms with Gasteiger partial charge in [0.25, 0.3) is 11.5 Å². The van der Waals surface area contributed by atoms with Crippen LogP contribution in [0.15, 0.2) is 108 Å². The van der Waals surface area contributed by atoms with E-state index in [4.69, 9.17) is 4.84 Å². The van der Waals surface area contributed by atoms with Gasteiger partial charge in [-0.15, -0.1) is 5.06 Å². The van der Waals surface area contributed by atoms with Gasteiger partial charge in [0.2, 0.25) is 0 Å². The van der Waals surface area contributed by atoms with Crippen molar-refractivity contribution in [3.63, 3.8) is 0 Å². The summed E-state index contributed by atoms with van der Waals surface area (Å²) >= 11 is 0. The number of carboxylic acid groups (broad SMARTS) is 1. The second-order valence-corrected chi connectivity index (χ2v) is 8.60. The Bertz CT molecular complexity index is 1720. The van der Waals surface area contributed by atoms with Crippen LogP contribution in [0.25, 0.3) is 22.0 Å². The van der Waals surface area contributed by atoms with E-state index in [1.54, 1.807) is 48.5 Å². The van der Waals surface area contributed by atoms with Gasteiger partial charge in [-0.05, 0) is 53.6 Å². The number of hydroxylamine groups is 1. The number of carbonyl (C=O) groups is 2. The summed E-state index contributed by atoms with van der Waals surface area (Å²) in [6.45, 7) is 0. The minimum absolute atomic E-state index is 0.00701. The standard InChI is InChI=1S/C30H20F2N2O5/c31-20-11-14-22(15-12-20)34(29(36)26(30(37)38)19-9-5-2-6-10-19)39-27-23-17-21(32)13-16-24(23)33-28(35)25(27)18-7-3-1-4-8-18/h1-17,26H,(H,33,35)(H,37,38). The third-order valence-corrected chi connectivity index (χ3v) is 6.06. The van der Waals surface area contributed by atoms with Crippen molar-refractivity contribution in [2.24, 2.45) is 0 Å². The topological polar surface area (TPSA) is 99.7 Å². The van der Waals surface area contributed by atoms with Gasteiger partial charge in [0, 0.05) is 5.39 Å². The number of hydrogen-bond acceptors (Lipinski definition) is 4. The van der Waals surface area contributed by atoms with Gasteiger partial charge in [0.1, 0.15) is 11.6 Å². The highest BCUT2D eigenvalue weighted by atomic mass is 19.1. The van der Waals surface area contributed by atoms with Crippen LogP contribution >= 0.6 is 0 Å². The molecule has 0 saturated carbocycles. The number of H-pyrrole nitrogens is 1. The summed E-state index contributed by atoms with van der Waals surface area (Å²) in [5.74, 6) is -5.60. The molecule has 5 rings (SSSR count). The molecule has 39 heavy (non-hydrogen) atoms. The Hall–Kier alpha value is -5.31. The third kappa shape index (κ3) is 5.10. The molecule has 1 heterocycles. The number of amides is 1. The molecule has 2 N–H and O–H groups in total. The first kappa shape index (κ1) is 25.3. The normalized spacial score (nSPS) is 11.6. The Kier molecular flexibility index (Phi) is 6.88. The zero-order valence-electron chi connectivity index (χ0n) is 20.2.